The van der Waals surface area contributed by atoms with E-state index in [-0.39, 0.29) is 16.5 Å². The van der Waals surface area contributed by atoms with Crippen LogP contribution in [-0.2, 0) is 10.3 Å². The molecule has 0 aliphatic carbocycles. The smallest absolute Gasteiger partial charge is 0.293 e. The molecular weight excluding hydrogens is 254 g/mol. The van der Waals surface area contributed by atoms with E-state index in [0.29, 0.717) is 19.0 Å². The summed E-state index contributed by atoms with van der Waals surface area (Å²) in [7, 11) is 1.70. The molecule has 1 rings (SSSR count). The molecule has 1 N–H and O–H groups in total. The molecule has 0 fully saturated rings. The van der Waals surface area contributed by atoms with E-state index in [2.05, 4.69) is 24.1 Å². The number of hydrogen-bond acceptors (Lipinski definition) is 4. The zero-order chi connectivity index (χ0) is 15.4. The SMILES string of the molecule is COCCC(C)(C)CNc1nccn(C(C)(C)C)c1=O. The van der Waals surface area contributed by atoms with Gasteiger partial charge in [-0.05, 0) is 32.6 Å². The van der Waals surface area contributed by atoms with Crippen LogP contribution in [0.25, 0.3) is 0 Å². The third-order valence-corrected chi connectivity index (χ3v) is 3.28. The van der Waals surface area contributed by atoms with Crippen molar-refractivity contribution in [1.29, 1.82) is 0 Å². The summed E-state index contributed by atoms with van der Waals surface area (Å²) >= 11 is 0. The van der Waals surface area contributed by atoms with E-state index < -0.39 is 0 Å². The van der Waals surface area contributed by atoms with Crippen LogP contribution in [0.1, 0.15) is 41.0 Å². The monoisotopic (exact) mass is 281 g/mol. The van der Waals surface area contributed by atoms with Crippen molar-refractivity contribution in [2.45, 2.75) is 46.6 Å². The lowest BCUT2D eigenvalue weighted by atomic mass is 9.90. The lowest BCUT2D eigenvalue weighted by molar-refractivity contribution is 0.157. The zero-order valence-corrected chi connectivity index (χ0v) is 13.5. The number of anilines is 1. The highest BCUT2D eigenvalue weighted by atomic mass is 16.5. The first-order valence-corrected chi connectivity index (χ1v) is 6.98. The average Bonchev–Trinajstić information content (AvgIpc) is 2.34. The molecule has 1 heterocycles. The normalized spacial score (nSPS) is 12.5. The van der Waals surface area contributed by atoms with E-state index in [9.17, 15) is 4.79 Å². The van der Waals surface area contributed by atoms with E-state index in [1.165, 1.54) is 0 Å². The molecule has 5 heteroatoms. The molecule has 0 aliphatic rings. The fourth-order valence-electron chi connectivity index (χ4n) is 1.85. The molecule has 0 saturated carbocycles. The molecule has 0 spiro atoms. The second-order valence-electron chi connectivity index (χ2n) is 6.88. The highest BCUT2D eigenvalue weighted by molar-refractivity contribution is 5.31. The van der Waals surface area contributed by atoms with Gasteiger partial charge in [-0.15, -0.1) is 0 Å². The van der Waals surface area contributed by atoms with Gasteiger partial charge in [-0.1, -0.05) is 13.8 Å². The van der Waals surface area contributed by atoms with Crippen LogP contribution in [0.15, 0.2) is 17.2 Å². The Morgan fingerprint density at radius 2 is 1.95 bits per heavy atom. The predicted octanol–water partition coefficient (Wildman–Crippen LogP) is 2.47. The first-order valence-electron chi connectivity index (χ1n) is 6.98. The lowest BCUT2D eigenvalue weighted by Crippen LogP contribution is -2.36. The van der Waals surface area contributed by atoms with Gasteiger partial charge in [0.25, 0.3) is 5.56 Å². The van der Waals surface area contributed by atoms with E-state index in [1.807, 2.05) is 20.8 Å². The fourth-order valence-corrected chi connectivity index (χ4v) is 1.85. The number of nitrogens with one attached hydrogen (secondary N) is 1. The molecule has 0 saturated heterocycles. The van der Waals surface area contributed by atoms with Crippen molar-refractivity contribution >= 4 is 5.82 Å². The maximum absolute atomic E-state index is 12.4. The number of ether oxygens (including phenoxy) is 1. The standard InChI is InChI=1S/C15H27N3O2/c1-14(2,3)18-9-8-16-12(13(18)19)17-11-15(4,5)7-10-20-6/h8-9H,7,10-11H2,1-6H3,(H,16,17). The minimum absolute atomic E-state index is 0.0481. The Labute approximate surface area is 121 Å². The van der Waals surface area contributed by atoms with Crippen LogP contribution in [0, 0.1) is 5.41 Å². The van der Waals surface area contributed by atoms with Gasteiger partial charge in [-0.25, -0.2) is 4.98 Å². The van der Waals surface area contributed by atoms with Crippen molar-refractivity contribution in [2.75, 3.05) is 25.6 Å². The molecule has 5 nitrogen and oxygen atoms in total. The first kappa shape index (κ1) is 16.7. The molecule has 0 unspecified atom stereocenters. The van der Waals surface area contributed by atoms with Crippen molar-refractivity contribution in [3.05, 3.63) is 22.7 Å². The third-order valence-electron chi connectivity index (χ3n) is 3.28. The quantitative estimate of drug-likeness (QED) is 0.870. The van der Waals surface area contributed by atoms with Crippen molar-refractivity contribution in [3.63, 3.8) is 0 Å². The van der Waals surface area contributed by atoms with Gasteiger partial charge in [-0.2, -0.15) is 0 Å². The van der Waals surface area contributed by atoms with Crippen LogP contribution < -0.4 is 10.9 Å². The molecule has 0 atom stereocenters. The van der Waals surface area contributed by atoms with E-state index >= 15 is 0 Å². The van der Waals surface area contributed by atoms with Gasteiger partial charge in [0.05, 0.1) is 0 Å². The summed E-state index contributed by atoms with van der Waals surface area (Å²) in [4.78, 5) is 16.5. The maximum Gasteiger partial charge on any atom is 0.293 e. The Kier molecular flexibility index (Phi) is 5.34. The van der Waals surface area contributed by atoms with Gasteiger partial charge in [0.2, 0.25) is 0 Å². The van der Waals surface area contributed by atoms with E-state index in [4.69, 9.17) is 4.74 Å². The Morgan fingerprint density at radius 1 is 1.30 bits per heavy atom. The number of hydrogen-bond donors (Lipinski definition) is 1. The molecule has 1 aromatic rings. The molecule has 1 aromatic heterocycles. The Bertz CT molecular complexity index is 487. The highest BCUT2D eigenvalue weighted by Crippen LogP contribution is 2.20. The third kappa shape index (κ3) is 4.63. The number of methoxy groups -OCH3 is 1. The minimum atomic E-state index is -0.248. The summed E-state index contributed by atoms with van der Waals surface area (Å²) < 4.78 is 6.81. The van der Waals surface area contributed by atoms with E-state index in [1.54, 1.807) is 24.1 Å². The molecule has 114 valence electrons. The first-order chi connectivity index (χ1) is 9.17. The van der Waals surface area contributed by atoms with Gasteiger partial charge >= 0.3 is 0 Å². The van der Waals surface area contributed by atoms with Crippen LogP contribution >= 0.6 is 0 Å². The van der Waals surface area contributed by atoms with Crippen LogP contribution in [0.3, 0.4) is 0 Å². The topological polar surface area (TPSA) is 56.1 Å². The van der Waals surface area contributed by atoms with Crippen LogP contribution in [0.4, 0.5) is 5.82 Å². The summed E-state index contributed by atoms with van der Waals surface area (Å²) in [6.45, 7) is 11.7. The Morgan fingerprint density at radius 3 is 2.50 bits per heavy atom. The molecule has 0 radical (unpaired) electrons. The number of nitrogens with zero attached hydrogens (tertiary/aromatic N) is 2. The molecular formula is C15H27N3O2. The maximum atomic E-state index is 12.4. The average molecular weight is 281 g/mol. The summed E-state index contributed by atoms with van der Waals surface area (Å²) in [5.74, 6) is 0.410. The molecule has 0 aromatic carbocycles. The van der Waals surface area contributed by atoms with Crippen LogP contribution in [0.2, 0.25) is 0 Å². The molecule has 0 amide bonds. The Hall–Kier alpha value is -1.36. The summed E-state index contributed by atoms with van der Waals surface area (Å²) in [5.41, 5.74) is -0.281. The Balaban J connectivity index is 2.82. The number of rotatable bonds is 6. The lowest BCUT2D eigenvalue weighted by Gasteiger charge is -2.26. The summed E-state index contributed by atoms with van der Waals surface area (Å²) in [6.07, 6.45) is 4.32. The highest BCUT2D eigenvalue weighted by Gasteiger charge is 2.20. The second-order valence-corrected chi connectivity index (χ2v) is 6.88. The van der Waals surface area contributed by atoms with Gasteiger partial charge in [0, 0.05) is 38.2 Å². The second kappa shape index (κ2) is 6.39. The largest absolute Gasteiger partial charge is 0.385 e. The van der Waals surface area contributed by atoms with Crippen LogP contribution in [0.5, 0.6) is 0 Å². The molecule has 0 bridgehead atoms. The van der Waals surface area contributed by atoms with Crippen molar-refractivity contribution in [2.24, 2.45) is 5.41 Å². The zero-order valence-electron chi connectivity index (χ0n) is 13.5. The van der Waals surface area contributed by atoms with Gasteiger partial charge in [-0.3, -0.25) is 4.79 Å². The van der Waals surface area contributed by atoms with E-state index in [0.717, 1.165) is 6.42 Å². The molecule has 20 heavy (non-hydrogen) atoms. The van der Waals surface area contributed by atoms with Gasteiger partial charge in [0.15, 0.2) is 5.82 Å². The van der Waals surface area contributed by atoms with Crippen LogP contribution in [-0.4, -0.2) is 29.8 Å². The van der Waals surface area contributed by atoms with Crippen molar-refractivity contribution in [1.82, 2.24) is 9.55 Å². The van der Waals surface area contributed by atoms with Gasteiger partial charge < -0.3 is 14.6 Å². The molecule has 0 aliphatic heterocycles. The summed E-state index contributed by atoms with van der Waals surface area (Å²) in [5, 5.41) is 3.17. The minimum Gasteiger partial charge on any atom is -0.385 e. The fraction of sp³-hybridized carbons (Fsp3) is 0.733. The van der Waals surface area contributed by atoms with Crippen molar-refractivity contribution in [3.8, 4) is 0 Å². The van der Waals surface area contributed by atoms with Crippen molar-refractivity contribution < 1.29 is 4.74 Å². The summed E-state index contributed by atoms with van der Waals surface area (Å²) in [6, 6.07) is 0. The van der Waals surface area contributed by atoms with Gasteiger partial charge in [0.1, 0.15) is 0 Å². The predicted molar refractivity (Wildman–Crippen MR) is 82.3 cm³/mol. The number of aromatic nitrogens is 2.